The summed E-state index contributed by atoms with van der Waals surface area (Å²) in [5.74, 6) is -12.8. The van der Waals surface area contributed by atoms with Gasteiger partial charge in [-0.2, -0.15) is 74.6 Å². The summed E-state index contributed by atoms with van der Waals surface area (Å²) in [6.45, 7) is -0.314. The highest BCUT2D eigenvalue weighted by Crippen LogP contribution is 2.55. The van der Waals surface area contributed by atoms with Gasteiger partial charge in [-0.05, 0) is 13.3 Å². The zero-order valence-corrected chi connectivity index (χ0v) is 14.5. The Morgan fingerprint density at radius 2 is 0.968 bits per heavy atom. The van der Waals surface area contributed by atoms with Crippen LogP contribution in [0.5, 0.6) is 0 Å². The van der Waals surface area contributed by atoms with E-state index in [0.29, 0.717) is 0 Å². The smallest absolute Gasteiger partial charge is 0.306 e. The van der Waals surface area contributed by atoms with Gasteiger partial charge in [-0.25, -0.2) is 4.74 Å². The highest BCUT2D eigenvalue weighted by Gasteiger charge is 2.79. The molecule has 0 N–H and O–H groups in total. The first-order valence-corrected chi connectivity index (χ1v) is 7.21. The summed E-state index contributed by atoms with van der Waals surface area (Å²) in [5, 5.41) is 0. The predicted molar refractivity (Wildman–Crippen MR) is 62.3 cm³/mol. The topological polar surface area (TPSA) is 18.5 Å². The molecule has 0 saturated heterocycles. The molecule has 188 valence electrons. The van der Waals surface area contributed by atoms with Gasteiger partial charge < -0.3 is 4.74 Å². The summed E-state index contributed by atoms with van der Waals surface area (Å²) in [4.78, 5) is 0. The lowest BCUT2D eigenvalue weighted by Crippen LogP contribution is -2.63. The molecule has 0 aliphatic rings. The van der Waals surface area contributed by atoms with E-state index in [0.717, 1.165) is 0 Å². The monoisotopic (exact) mass is 508 g/mol. The Balaban J connectivity index is 6.53. The molecule has 0 fully saturated rings. The molecule has 0 saturated carbocycles. The van der Waals surface area contributed by atoms with Gasteiger partial charge in [-0.1, -0.05) is 6.92 Å². The summed E-state index contributed by atoms with van der Waals surface area (Å²) in [6, 6.07) is 0. The number of hydrogen-bond donors (Lipinski definition) is 0. The van der Waals surface area contributed by atoms with E-state index in [1.54, 1.807) is 4.74 Å². The van der Waals surface area contributed by atoms with Gasteiger partial charge in [-0.15, -0.1) is 0 Å². The van der Waals surface area contributed by atoms with Crippen molar-refractivity contribution in [1.29, 1.82) is 0 Å². The highest BCUT2D eigenvalue weighted by molar-refractivity contribution is 4.96. The van der Waals surface area contributed by atoms with E-state index < -0.39 is 67.6 Å². The van der Waals surface area contributed by atoms with Crippen LogP contribution < -0.4 is 0 Å². The van der Waals surface area contributed by atoms with Crippen LogP contribution in [0.2, 0.25) is 0 Å². The first-order valence-electron chi connectivity index (χ1n) is 7.21. The van der Waals surface area contributed by atoms with E-state index in [-0.39, 0.29) is 6.92 Å². The molecule has 31 heavy (non-hydrogen) atoms. The Hall–Kier alpha value is -1.27. The number of hydrogen-bond acceptors (Lipinski definition) is 2. The Bertz CT molecular complexity index is 616. The number of ether oxygens (including phenoxy) is 2. The maximum Gasteiger partial charge on any atom is 0.482 e. The number of halogens is 17. The van der Waals surface area contributed by atoms with Crippen LogP contribution in [-0.4, -0.2) is 48.4 Å². The van der Waals surface area contributed by atoms with Crippen molar-refractivity contribution in [3.8, 4) is 0 Å². The molecule has 0 aromatic rings. The van der Waals surface area contributed by atoms with Crippen LogP contribution in [-0.2, 0) is 9.47 Å². The van der Waals surface area contributed by atoms with Crippen molar-refractivity contribution in [2.45, 2.75) is 68.6 Å². The third-order valence-corrected chi connectivity index (χ3v) is 3.65. The zero-order chi connectivity index (χ0) is 25.7. The molecule has 0 heterocycles. The maximum atomic E-state index is 13.8. The molecule has 0 spiro atoms. The summed E-state index contributed by atoms with van der Waals surface area (Å²) < 4.78 is 221. The fraction of sp³-hybridized carbons (Fsp3) is 1.00. The van der Waals surface area contributed by atoms with Crippen molar-refractivity contribution in [1.82, 2.24) is 0 Å². The summed E-state index contributed by atoms with van der Waals surface area (Å²) in [7, 11) is 0. The lowest BCUT2D eigenvalue weighted by Gasteiger charge is -2.43. The standard InChI is InChI=1S/C12H9F17O2/c1-3-5(2,30-12(28,29)10(23,24)25)4(6(13,14)15)7(16,17)31-11(26,27)8(18,19)9(20,21)22/h4H,3H2,1-2H3/t4?,5-/m0/s1. The minimum absolute atomic E-state index is 0.212. The first kappa shape index (κ1) is 29.7. The molecule has 19 heteroatoms. The number of rotatable bonds is 8. The van der Waals surface area contributed by atoms with Crippen molar-refractivity contribution >= 4 is 0 Å². The molecule has 0 aromatic carbocycles. The van der Waals surface area contributed by atoms with E-state index in [9.17, 15) is 74.6 Å². The lowest BCUT2D eigenvalue weighted by atomic mass is 9.84. The average Bonchev–Trinajstić information content (AvgIpc) is 2.40. The minimum Gasteiger partial charge on any atom is -0.306 e. The highest BCUT2D eigenvalue weighted by atomic mass is 19.4. The molecular weight excluding hydrogens is 499 g/mol. The molecule has 0 bridgehead atoms. The van der Waals surface area contributed by atoms with E-state index in [1.807, 2.05) is 0 Å². The van der Waals surface area contributed by atoms with Gasteiger partial charge in [0.15, 0.2) is 5.92 Å². The zero-order valence-electron chi connectivity index (χ0n) is 14.5. The maximum absolute atomic E-state index is 13.8. The molecule has 2 atom stereocenters. The van der Waals surface area contributed by atoms with E-state index in [1.165, 1.54) is 0 Å². The first-order chi connectivity index (χ1) is 13.1. The third kappa shape index (κ3) is 5.95. The molecule has 0 aromatic heterocycles. The third-order valence-electron chi connectivity index (χ3n) is 3.65. The van der Waals surface area contributed by atoms with Crippen LogP contribution >= 0.6 is 0 Å². The minimum atomic E-state index is -7.53. The molecular formula is C12H9F17O2. The summed E-state index contributed by atoms with van der Waals surface area (Å²) in [5.41, 5.74) is -4.54. The van der Waals surface area contributed by atoms with Crippen LogP contribution in [0.1, 0.15) is 20.3 Å². The largest absolute Gasteiger partial charge is 0.482 e. The van der Waals surface area contributed by atoms with Gasteiger partial charge in [-0.3, -0.25) is 0 Å². The van der Waals surface area contributed by atoms with Gasteiger partial charge in [0.25, 0.3) is 0 Å². The lowest BCUT2D eigenvalue weighted by molar-refractivity contribution is -0.504. The van der Waals surface area contributed by atoms with Crippen LogP contribution in [0.4, 0.5) is 74.6 Å². The summed E-state index contributed by atoms with van der Waals surface area (Å²) in [6.07, 6.45) is -43.9. The van der Waals surface area contributed by atoms with Gasteiger partial charge in [0.1, 0.15) is 0 Å². The van der Waals surface area contributed by atoms with Crippen molar-refractivity contribution in [2.24, 2.45) is 5.92 Å². The molecule has 0 amide bonds. The fourth-order valence-electron chi connectivity index (χ4n) is 2.04. The normalized spacial score (nSPS) is 18.7. The van der Waals surface area contributed by atoms with Gasteiger partial charge in [0.05, 0.1) is 5.60 Å². The molecule has 0 rings (SSSR count). The van der Waals surface area contributed by atoms with Crippen molar-refractivity contribution in [2.75, 3.05) is 0 Å². The van der Waals surface area contributed by atoms with Crippen molar-refractivity contribution < 1.29 is 84.1 Å². The predicted octanol–water partition coefficient (Wildman–Crippen LogP) is 6.91. The Kier molecular flexibility index (Phi) is 7.62. The van der Waals surface area contributed by atoms with Gasteiger partial charge in [0.2, 0.25) is 0 Å². The van der Waals surface area contributed by atoms with Crippen LogP contribution in [0.15, 0.2) is 0 Å². The molecule has 0 aliphatic heterocycles. The average molecular weight is 508 g/mol. The Labute approximate surface area is 160 Å². The van der Waals surface area contributed by atoms with Gasteiger partial charge in [0, 0.05) is 0 Å². The SMILES string of the molecule is CC[C@](C)(OC(F)(F)C(F)(F)F)C(C(F)(F)F)C(F)(F)OC(F)(F)C(F)(F)C(F)(F)F. The molecule has 0 aliphatic carbocycles. The van der Waals surface area contributed by atoms with Crippen LogP contribution in [0.3, 0.4) is 0 Å². The van der Waals surface area contributed by atoms with Crippen LogP contribution in [0, 0.1) is 5.92 Å². The second-order valence-electron chi connectivity index (χ2n) is 6.01. The second-order valence-corrected chi connectivity index (χ2v) is 6.01. The second kappa shape index (κ2) is 7.95. The molecule has 1 unspecified atom stereocenters. The molecule has 0 radical (unpaired) electrons. The number of alkyl halides is 17. The van der Waals surface area contributed by atoms with Crippen molar-refractivity contribution in [3.63, 3.8) is 0 Å². The van der Waals surface area contributed by atoms with E-state index >= 15 is 0 Å². The van der Waals surface area contributed by atoms with Gasteiger partial charge >= 0.3 is 42.8 Å². The quantitative estimate of drug-likeness (QED) is 0.332. The summed E-state index contributed by atoms with van der Waals surface area (Å²) >= 11 is 0. The van der Waals surface area contributed by atoms with Crippen LogP contribution in [0.25, 0.3) is 0 Å². The van der Waals surface area contributed by atoms with E-state index in [4.69, 9.17) is 0 Å². The molecule has 2 nitrogen and oxygen atoms in total. The fourth-order valence-corrected chi connectivity index (χ4v) is 2.04. The Morgan fingerprint density at radius 1 is 0.581 bits per heavy atom. The van der Waals surface area contributed by atoms with Crippen molar-refractivity contribution in [3.05, 3.63) is 0 Å². The Morgan fingerprint density at radius 3 is 1.23 bits per heavy atom. The van der Waals surface area contributed by atoms with E-state index in [2.05, 4.69) is 4.74 Å².